The van der Waals surface area contributed by atoms with Crippen LogP contribution in [0.3, 0.4) is 0 Å². The van der Waals surface area contributed by atoms with Gasteiger partial charge in [0.2, 0.25) is 0 Å². The van der Waals surface area contributed by atoms with Gasteiger partial charge >= 0.3 is 0 Å². The molecule has 0 unspecified atom stereocenters. The second kappa shape index (κ2) is 5.11. The Labute approximate surface area is 86.4 Å². The van der Waals surface area contributed by atoms with Crippen molar-refractivity contribution in [2.75, 3.05) is 12.4 Å². The molecule has 0 atom stereocenters. The molecule has 0 radical (unpaired) electrons. The molecular formula is C10H11FN2O2. The van der Waals surface area contributed by atoms with Gasteiger partial charge in [-0.05, 0) is 24.3 Å². The number of halogens is 1. The summed E-state index contributed by atoms with van der Waals surface area (Å²) in [4.78, 5) is 10.7. The van der Waals surface area contributed by atoms with Crippen LogP contribution in [-0.4, -0.2) is 18.2 Å². The van der Waals surface area contributed by atoms with Crippen LogP contribution in [0, 0.1) is 5.82 Å². The number of benzene rings is 1. The summed E-state index contributed by atoms with van der Waals surface area (Å²) in [6.07, 6.45) is 2.51. The molecule has 15 heavy (non-hydrogen) atoms. The lowest BCUT2D eigenvalue weighted by molar-refractivity contribution is -0.124. The fourth-order valence-electron chi connectivity index (χ4n) is 1.10. The van der Waals surface area contributed by atoms with Crippen molar-refractivity contribution in [1.82, 2.24) is 5.48 Å². The largest absolute Gasteiger partial charge is 0.388 e. The zero-order chi connectivity index (χ0) is 11.3. The minimum absolute atomic E-state index is 0.391. The number of nitrogens with one attached hydrogen (secondary N) is 2. The summed E-state index contributed by atoms with van der Waals surface area (Å²) < 4.78 is 12.9. The fourth-order valence-corrected chi connectivity index (χ4v) is 1.10. The highest BCUT2D eigenvalue weighted by atomic mass is 19.1. The molecule has 80 valence electrons. The normalized spacial score (nSPS) is 10.3. The molecule has 0 spiro atoms. The zero-order valence-corrected chi connectivity index (χ0v) is 8.12. The summed E-state index contributed by atoms with van der Waals surface area (Å²) in [6, 6.07) is 4.16. The van der Waals surface area contributed by atoms with Crippen LogP contribution in [0.2, 0.25) is 0 Å². The first kappa shape index (κ1) is 11.2. The van der Waals surface area contributed by atoms with E-state index in [1.165, 1.54) is 23.7 Å². The second-order valence-electron chi connectivity index (χ2n) is 2.79. The summed E-state index contributed by atoms with van der Waals surface area (Å²) in [5, 5.41) is 11.1. The average molecular weight is 210 g/mol. The molecule has 0 aliphatic rings. The van der Waals surface area contributed by atoms with E-state index in [1.54, 1.807) is 13.1 Å². The van der Waals surface area contributed by atoms with E-state index in [4.69, 9.17) is 5.21 Å². The van der Waals surface area contributed by atoms with Crippen molar-refractivity contribution in [3.05, 3.63) is 35.7 Å². The zero-order valence-electron chi connectivity index (χ0n) is 8.12. The van der Waals surface area contributed by atoms with E-state index in [0.717, 1.165) is 6.08 Å². The summed E-state index contributed by atoms with van der Waals surface area (Å²) in [6.45, 7) is 0. The quantitative estimate of drug-likeness (QED) is 0.401. The van der Waals surface area contributed by atoms with Crippen molar-refractivity contribution in [2.24, 2.45) is 0 Å². The third-order valence-electron chi connectivity index (χ3n) is 1.81. The molecule has 0 heterocycles. The molecule has 1 aromatic carbocycles. The van der Waals surface area contributed by atoms with E-state index in [-0.39, 0.29) is 0 Å². The maximum Gasteiger partial charge on any atom is 0.267 e. The predicted octanol–water partition coefficient (Wildman–Crippen LogP) is 1.39. The Balaban J connectivity index is 2.96. The van der Waals surface area contributed by atoms with Gasteiger partial charge in [-0.3, -0.25) is 10.0 Å². The average Bonchev–Trinajstić information content (AvgIpc) is 2.26. The molecule has 0 fully saturated rings. The van der Waals surface area contributed by atoms with Crippen LogP contribution < -0.4 is 10.8 Å². The molecule has 5 heteroatoms. The van der Waals surface area contributed by atoms with Crippen LogP contribution in [-0.2, 0) is 4.79 Å². The van der Waals surface area contributed by atoms with Crippen LogP contribution in [0.5, 0.6) is 0 Å². The summed E-state index contributed by atoms with van der Waals surface area (Å²) >= 11 is 0. The van der Waals surface area contributed by atoms with Gasteiger partial charge in [0.05, 0.1) is 0 Å². The Morgan fingerprint density at radius 1 is 1.53 bits per heavy atom. The highest BCUT2D eigenvalue weighted by Gasteiger charge is 2.00. The number of hydrogen-bond donors (Lipinski definition) is 3. The summed E-state index contributed by atoms with van der Waals surface area (Å²) in [7, 11) is 1.69. The van der Waals surface area contributed by atoms with Crippen molar-refractivity contribution in [3.63, 3.8) is 0 Å². The lowest BCUT2D eigenvalue weighted by atomic mass is 10.1. The first-order chi connectivity index (χ1) is 7.17. The highest BCUT2D eigenvalue weighted by molar-refractivity contribution is 5.91. The molecule has 3 N–H and O–H groups in total. The number of anilines is 1. The van der Waals surface area contributed by atoms with Crippen molar-refractivity contribution < 1.29 is 14.4 Å². The number of hydroxylamine groups is 1. The van der Waals surface area contributed by atoms with Gasteiger partial charge in [0.1, 0.15) is 5.82 Å². The molecule has 0 bridgehead atoms. The van der Waals surface area contributed by atoms with Crippen LogP contribution in [0.1, 0.15) is 5.56 Å². The second-order valence-corrected chi connectivity index (χ2v) is 2.79. The number of rotatable bonds is 3. The lowest BCUT2D eigenvalue weighted by Crippen LogP contribution is -2.14. The van der Waals surface area contributed by atoms with E-state index in [1.807, 2.05) is 0 Å². The molecule has 0 aromatic heterocycles. The maximum absolute atomic E-state index is 12.9. The van der Waals surface area contributed by atoms with Crippen molar-refractivity contribution >= 4 is 17.7 Å². The number of hydrogen-bond acceptors (Lipinski definition) is 3. The highest BCUT2D eigenvalue weighted by Crippen LogP contribution is 2.17. The Morgan fingerprint density at radius 2 is 2.27 bits per heavy atom. The fraction of sp³-hybridized carbons (Fsp3) is 0.100. The molecule has 0 aliphatic heterocycles. The van der Waals surface area contributed by atoms with Gasteiger partial charge < -0.3 is 5.32 Å². The van der Waals surface area contributed by atoms with Crippen molar-refractivity contribution in [1.29, 1.82) is 0 Å². The van der Waals surface area contributed by atoms with E-state index >= 15 is 0 Å². The first-order valence-electron chi connectivity index (χ1n) is 4.27. The van der Waals surface area contributed by atoms with Gasteiger partial charge in [-0.15, -0.1) is 0 Å². The molecule has 0 saturated carbocycles. The monoisotopic (exact) mass is 210 g/mol. The van der Waals surface area contributed by atoms with Gasteiger partial charge in [0.25, 0.3) is 5.91 Å². The van der Waals surface area contributed by atoms with Gasteiger partial charge in [-0.1, -0.05) is 0 Å². The van der Waals surface area contributed by atoms with Gasteiger partial charge in [0.15, 0.2) is 0 Å². The minimum atomic E-state index is -0.665. The van der Waals surface area contributed by atoms with Crippen molar-refractivity contribution in [2.45, 2.75) is 0 Å². The SMILES string of the molecule is CNc1ccc(F)cc1/C=C/C(=O)NO. The number of carbonyl (C=O) groups is 1. The minimum Gasteiger partial charge on any atom is -0.388 e. The van der Waals surface area contributed by atoms with Crippen LogP contribution in [0.4, 0.5) is 10.1 Å². The van der Waals surface area contributed by atoms with Crippen LogP contribution in [0.15, 0.2) is 24.3 Å². The molecular weight excluding hydrogens is 199 g/mol. The predicted molar refractivity (Wildman–Crippen MR) is 54.9 cm³/mol. The Hall–Kier alpha value is -1.88. The molecule has 4 nitrogen and oxygen atoms in total. The third-order valence-corrected chi connectivity index (χ3v) is 1.81. The molecule has 1 aromatic rings. The standard InChI is InChI=1S/C10H11FN2O2/c1-12-9-4-3-8(11)6-7(9)2-5-10(14)13-15/h2-6,12,15H,1H3,(H,13,14)/b5-2+. The summed E-state index contributed by atoms with van der Waals surface area (Å²) in [5.41, 5.74) is 2.67. The molecule has 0 aliphatic carbocycles. The van der Waals surface area contributed by atoms with Gasteiger partial charge in [-0.2, -0.15) is 0 Å². The van der Waals surface area contributed by atoms with Crippen LogP contribution in [0.25, 0.3) is 6.08 Å². The van der Waals surface area contributed by atoms with Crippen molar-refractivity contribution in [3.8, 4) is 0 Å². The van der Waals surface area contributed by atoms with Crippen LogP contribution >= 0.6 is 0 Å². The first-order valence-corrected chi connectivity index (χ1v) is 4.27. The molecule has 1 rings (SSSR count). The topological polar surface area (TPSA) is 61.4 Å². The van der Waals surface area contributed by atoms with E-state index in [9.17, 15) is 9.18 Å². The maximum atomic E-state index is 12.9. The van der Waals surface area contributed by atoms with E-state index < -0.39 is 11.7 Å². The summed E-state index contributed by atoms with van der Waals surface area (Å²) in [5.74, 6) is -1.06. The van der Waals surface area contributed by atoms with Gasteiger partial charge in [-0.25, -0.2) is 9.87 Å². The molecule has 1 amide bonds. The van der Waals surface area contributed by atoms with E-state index in [2.05, 4.69) is 5.32 Å². The van der Waals surface area contributed by atoms with Gasteiger partial charge in [0, 0.05) is 24.4 Å². The Bertz CT molecular complexity index is 391. The number of amides is 1. The third kappa shape index (κ3) is 3.07. The number of carbonyl (C=O) groups excluding carboxylic acids is 1. The lowest BCUT2D eigenvalue weighted by Gasteiger charge is -2.04. The Kier molecular flexibility index (Phi) is 3.82. The van der Waals surface area contributed by atoms with E-state index in [0.29, 0.717) is 11.3 Å². The molecule has 0 saturated heterocycles. The smallest absolute Gasteiger partial charge is 0.267 e. The Morgan fingerprint density at radius 3 is 2.87 bits per heavy atom.